The van der Waals surface area contributed by atoms with E-state index in [0.717, 1.165) is 0 Å². The molecule has 0 aliphatic rings. The van der Waals surface area contributed by atoms with Gasteiger partial charge < -0.3 is 14.6 Å². The van der Waals surface area contributed by atoms with Gasteiger partial charge in [0.25, 0.3) is 5.91 Å². The van der Waals surface area contributed by atoms with E-state index < -0.39 is 11.9 Å². The number of hydrogen-bond donors (Lipinski definition) is 1. The van der Waals surface area contributed by atoms with Crippen LogP contribution in [0.1, 0.15) is 10.5 Å². The topological polar surface area (TPSA) is 60.3 Å². The Kier molecular flexibility index (Phi) is 4.20. The van der Waals surface area contributed by atoms with Crippen molar-refractivity contribution >= 4 is 35.1 Å². The fraction of sp³-hybridized carbons (Fsp3) is 0.333. The number of rotatable bonds is 3. The first-order valence-corrected chi connectivity index (χ1v) is 5.08. The Hall–Kier alpha value is -1.20. The van der Waals surface area contributed by atoms with Gasteiger partial charge in [-0.15, -0.1) is 0 Å². The third-order valence-electron chi connectivity index (χ3n) is 1.97. The average Bonchev–Trinajstić information content (AvgIpc) is 2.53. The van der Waals surface area contributed by atoms with Crippen LogP contribution in [0, 0.1) is 0 Å². The van der Waals surface area contributed by atoms with Gasteiger partial charge in [-0.05, 0) is 6.07 Å². The lowest BCUT2D eigenvalue weighted by atomic mass is 10.4. The zero-order valence-corrected chi connectivity index (χ0v) is 10.2. The van der Waals surface area contributed by atoms with Gasteiger partial charge in [0.05, 0.1) is 12.1 Å². The Balaban J connectivity index is 2.74. The highest BCUT2D eigenvalue weighted by atomic mass is 35.5. The monoisotopic (exact) mass is 264 g/mol. The lowest BCUT2D eigenvalue weighted by Crippen LogP contribution is -2.31. The predicted molar refractivity (Wildman–Crippen MR) is 59.8 cm³/mol. The molecule has 7 heteroatoms. The van der Waals surface area contributed by atoms with Gasteiger partial charge in [0.1, 0.15) is 17.4 Å². The SMILES string of the molecule is COC(=O)CNC(=O)c1cc(Cl)c(Cl)n1C. The molecule has 1 N–H and O–H groups in total. The summed E-state index contributed by atoms with van der Waals surface area (Å²) in [5.74, 6) is -0.971. The Morgan fingerprint density at radius 3 is 2.56 bits per heavy atom. The summed E-state index contributed by atoms with van der Waals surface area (Å²) in [6.07, 6.45) is 0. The van der Waals surface area contributed by atoms with Gasteiger partial charge in [0.15, 0.2) is 0 Å². The summed E-state index contributed by atoms with van der Waals surface area (Å²) in [5.41, 5.74) is 0.277. The van der Waals surface area contributed by atoms with Crippen molar-refractivity contribution in [1.82, 2.24) is 9.88 Å². The first-order chi connectivity index (χ1) is 7.47. The van der Waals surface area contributed by atoms with E-state index in [-0.39, 0.29) is 22.4 Å². The number of halogens is 2. The molecule has 0 aliphatic heterocycles. The van der Waals surface area contributed by atoms with Gasteiger partial charge >= 0.3 is 5.97 Å². The summed E-state index contributed by atoms with van der Waals surface area (Å²) >= 11 is 11.5. The lowest BCUT2D eigenvalue weighted by Gasteiger charge is -2.05. The summed E-state index contributed by atoms with van der Waals surface area (Å²) in [4.78, 5) is 22.4. The van der Waals surface area contributed by atoms with Crippen LogP contribution in [-0.2, 0) is 16.6 Å². The molecule has 0 aromatic carbocycles. The maximum Gasteiger partial charge on any atom is 0.325 e. The summed E-state index contributed by atoms with van der Waals surface area (Å²) in [7, 11) is 2.84. The highest BCUT2D eigenvalue weighted by Gasteiger charge is 2.16. The Morgan fingerprint density at radius 2 is 2.12 bits per heavy atom. The molecule has 0 bridgehead atoms. The molecular weight excluding hydrogens is 255 g/mol. The molecule has 1 rings (SSSR count). The number of nitrogens with one attached hydrogen (secondary N) is 1. The largest absolute Gasteiger partial charge is 0.468 e. The smallest absolute Gasteiger partial charge is 0.325 e. The molecule has 1 aromatic heterocycles. The van der Waals surface area contributed by atoms with Crippen molar-refractivity contribution in [3.63, 3.8) is 0 Å². The van der Waals surface area contributed by atoms with E-state index in [9.17, 15) is 9.59 Å². The minimum absolute atomic E-state index is 0.199. The number of methoxy groups -OCH3 is 1. The molecule has 0 saturated carbocycles. The molecule has 16 heavy (non-hydrogen) atoms. The van der Waals surface area contributed by atoms with Crippen LogP contribution in [0.4, 0.5) is 0 Å². The van der Waals surface area contributed by atoms with Crippen molar-refractivity contribution in [3.8, 4) is 0 Å². The van der Waals surface area contributed by atoms with Crippen molar-refractivity contribution in [2.75, 3.05) is 13.7 Å². The zero-order chi connectivity index (χ0) is 12.3. The molecule has 0 fully saturated rings. The van der Waals surface area contributed by atoms with Crippen LogP contribution < -0.4 is 5.32 Å². The molecule has 0 unspecified atom stereocenters. The molecule has 5 nitrogen and oxygen atoms in total. The standard InChI is InChI=1S/C9H10Cl2N2O3/c1-13-6(3-5(10)8(13)11)9(15)12-4-7(14)16-2/h3H,4H2,1-2H3,(H,12,15). The molecule has 0 spiro atoms. The fourth-order valence-corrected chi connectivity index (χ4v) is 1.45. The molecule has 88 valence electrons. The number of nitrogens with zero attached hydrogens (tertiary/aromatic N) is 1. The predicted octanol–water partition coefficient (Wildman–Crippen LogP) is 1.23. The van der Waals surface area contributed by atoms with Gasteiger partial charge in [0.2, 0.25) is 0 Å². The fourth-order valence-electron chi connectivity index (χ4n) is 1.08. The quantitative estimate of drug-likeness (QED) is 0.836. The van der Waals surface area contributed by atoms with Crippen LogP contribution in [0.25, 0.3) is 0 Å². The first kappa shape index (κ1) is 12.9. The van der Waals surface area contributed by atoms with Crippen LogP contribution in [-0.4, -0.2) is 30.1 Å². The van der Waals surface area contributed by atoms with E-state index >= 15 is 0 Å². The van der Waals surface area contributed by atoms with Crippen molar-refractivity contribution in [1.29, 1.82) is 0 Å². The molecule has 0 radical (unpaired) electrons. The first-order valence-electron chi connectivity index (χ1n) is 4.33. The third kappa shape index (κ3) is 2.68. The van der Waals surface area contributed by atoms with Gasteiger partial charge in [-0.25, -0.2) is 0 Å². The minimum atomic E-state index is -0.528. The average molecular weight is 265 g/mol. The second-order valence-corrected chi connectivity index (χ2v) is 3.75. The maximum atomic E-state index is 11.6. The van der Waals surface area contributed by atoms with Crippen molar-refractivity contribution in [3.05, 3.63) is 21.9 Å². The minimum Gasteiger partial charge on any atom is -0.468 e. The number of ether oxygens (including phenoxy) is 1. The summed E-state index contributed by atoms with van der Waals surface area (Å²) in [6.45, 7) is -0.199. The zero-order valence-electron chi connectivity index (χ0n) is 8.71. The molecule has 0 saturated heterocycles. The second-order valence-electron chi connectivity index (χ2n) is 2.99. The number of carbonyl (C=O) groups is 2. The van der Waals surface area contributed by atoms with Crippen molar-refractivity contribution in [2.24, 2.45) is 7.05 Å². The van der Waals surface area contributed by atoms with Gasteiger partial charge in [-0.2, -0.15) is 0 Å². The number of amides is 1. The molecule has 1 amide bonds. The number of esters is 1. The van der Waals surface area contributed by atoms with Gasteiger partial charge in [-0.3, -0.25) is 9.59 Å². The lowest BCUT2D eigenvalue weighted by molar-refractivity contribution is -0.139. The summed E-state index contributed by atoms with van der Waals surface area (Å²) in [5, 5.41) is 2.93. The van der Waals surface area contributed by atoms with Crippen molar-refractivity contribution < 1.29 is 14.3 Å². The van der Waals surface area contributed by atoms with E-state index in [1.807, 2.05) is 0 Å². The maximum absolute atomic E-state index is 11.6. The Bertz CT molecular complexity index is 429. The normalized spacial score (nSPS) is 10.0. The Labute approximate surface area is 102 Å². The summed E-state index contributed by atoms with van der Waals surface area (Å²) < 4.78 is 5.81. The summed E-state index contributed by atoms with van der Waals surface area (Å²) in [6, 6.07) is 1.43. The van der Waals surface area contributed by atoms with Crippen molar-refractivity contribution in [2.45, 2.75) is 0 Å². The van der Waals surface area contributed by atoms with Crippen LogP contribution >= 0.6 is 23.2 Å². The molecule has 1 aromatic rings. The van der Waals surface area contributed by atoms with E-state index in [2.05, 4.69) is 10.1 Å². The molecule has 0 atom stereocenters. The van der Waals surface area contributed by atoms with Gasteiger partial charge in [0, 0.05) is 7.05 Å². The number of aromatic nitrogens is 1. The molecule has 0 aliphatic carbocycles. The van der Waals surface area contributed by atoms with E-state index in [1.165, 1.54) is 17.7 Å². The van der Waals surface area contributed by atoms with Crippen LogP contribution in [0.2, 0.25) is 10.2 Å². The van der Waals surface area contributed by atoms with Crippen LogP contribution in [0.5, 0.6) is 0 Å². The van der Waals surface area contributed by atoms with Gasteiger partial charge in [-0.1, -0.05) is 23.2 Å². The van der Waals surface area contributed by atoms with E-state index in [0.29, 0.717) is 0 Å². The third-order valence-corrected chi connectivity index (χ3v) is 2.81. The van der Waals surface area contributed by atoms with Crippen LogP contribution in [0.15, 0.2) is 6.07 Å². The van der Waals surface area contributed by atoms with E-state index in [4.69, 9.17) is 23.2 Å². The van der Waals surface area contributed by atoms with Crippen LogP contribution in [0.3, 0.4) is 0 Å². The van der Waals surface area contributed by atoms with E-state index in [1.54, 1.807) is 7.05 Å². The number of carbonyl (C=O) groups excluding carboxylic acids is 2. The highest BCUT2D eigenvalue weighted by molar-refractivity contribution is 6.41. The highest BCUT2D eigenvalue weighted by Crippen LogP contribution is 2.24. The second kappa shape index (κ2) is 5.23. The number of hydrogen-bond acceptors (Lipinski definition) is 3. The Morgan fingerprint density at radius 1 is 1.50 bits per heavy atom. The molecule has 1 heterocycles. The molecular formula is C9H10Cl2N2O3.